The molecule has 0 unspecified atom stereocenters. The Bertz CT molecular complexity index is 1350. The van der Waals surface area contributed by atoms with E-state index in [1.54, 1.807) is 0 Å². The third kappa shape index (κ3) is 6.22. The summed E-state index contributed by atoms with van der Waals surface area (Å²) in [5, 5.41) is 12.0. The zero-order chi connectivity index (χ0) is 25.3. The second-order valence-electron chi connectivity index (χ2n) is 8.88. The van der Waals surface area contributed by atoms with Crippen LogP contribution in [0, 0.1) is 25.2 Å². The Morgan fingerprint density at radius 1 is 0.972 bits per heavy atom. The first-order valence-electron chi connectivity index (χ1n) is 12.2. The van der Waals surface area contributed by atoms with Crippen molar-refractivity contribution >= 4 is 5.91 Å². The monoisotopic (exact) mass is 477 g/mol. The summed E-state index contributed by atoms with van der Waals surface area (Å²) in [5.74, 6) is 0.793. The molecule has 0 bridgehead atoms. The highest BCUT2D eigenvalue weighted by atomic mass is 16.5. The minimum absolute atomic E-state index is 0.00292. The summed E-state index contributed by atoms with van der Waals surface area (Å²) in [4.78, 5) is 12.6. The second kappa shape index (κ2) is 11.9. The highest BCUT2D eigenvalue weighted by Crippen LogP contribution is 2.30. The van der Waals surface area contributed by atoms with Crippen LogP contribution < -0.4 is 10.1 Å². The molecule has 0 aliphatic rings. The van der Waals surface area contributed by atoms with E-state index in [1.807, 2.05) is 54.6 Å². The van der Waals surface area contributed by atoms with Crippen LogP contribution in [0.1, 0.15) is 28.8 Å². The number of nitrogens with one attached hydrogen (secondary N) is 1. The zero-order valence-corrected chi connectivity index (χ0v) is 20.8. The number of ether oxygens (including phenoxy) is 1. The number of amides is 1. The summed E-state index contributed by atoms with van der Waals surface area (Å²) < 4.78 is 7.88. The maximum atomic E-state index is 12.6. The van der Waals surface area contributed by atoms with Crippen LogP contribution in [0.15, 0.2) is 84.9 Å². The van der Waals surface area contributed by atoms with Gasteiger partial charge in [-0.1, -0.05) is 54.1 Å². The molecule has 0 aliphatic heterocycles. The number of hydrogen-bond acceptors (Lipinski definition) is 3. The van der Waals surface area contributed by atoms with E-state index >= 15 is 0 Å². The zero-order valence-electron chi connectivity index (χ0n) is 20.8. The fourth-order valence-electron chi connectivity index (χ4n) is 4.35. The van der Waals surface area contributed by atoms with Crippen molar-refractivity contribution in [2.24, 2.45) is 0 Å². The van der Waals surface area contributed by atoms with Crippen LogP contribution in [0.3, 0.4) is 0 Å². The highest BCUT2D eigenvalue weighted by molar-refractivity contribution is 5.76. The molecule has 182 valence electrons. The lowest BCUT2D eigenvalue weighted by Crippen LogP contribution is -2.28. The molecule has 1 N–H and O–H groups in total. The van der Waals surface area contributed by atoms with E-state index in [0.717, 1.165) is 34.0 Å². The van der Waals surface area contributed by atoms with Crippen LogP contribution in [0.4, 0.5) is 0 Å². The van der Waals surface area contributed by atoms with Gasteiger partial charge in [-0.3, -0.25) is 4.79 Å². The Morgan fingerprint density at radius 2 is 1.75 bits per heavy atom. The molecule has 5 heteroatoms. The molecular formula is C31H31N3O2. The first-order valence-corrected chi connectivity index (χ1v) is 12.2. The largest absolute Gasteiger partial charge is 0.492 e. The van der Waals surface area contributed by atoms with Crippen molar-refractivity contribution in [2.45, 2.75) is 33.1 Å². The van der Waals surface area contributed by atoms with Crippen molar-refractivity contribution < 1.29 is 9.53 Å². The molecule has 4 aromatic rings. The first kappa shape index (κ1) is 24.8. The Hall–Kier alpha value is -4.30. The van der Waals surface area contributed by atoms with Crippen molar-refractivity contribution in [3.8, 4) is 28.8 Å². The summed E-state index contributed by atoms with van der Waals surface area (Å²) in [5.41, 5.74) is 7.75. The number of carbonyl (C=O) groups excluding carboxylic acids is 1. The fraction of sp³-hybridized carbons (Fsp3) is 0.226. The summed E-state index contributed by atoms with van der Waals surface area (Å²) in [6.45, 7) is 5.11. The van der Waals surface area contributed by atoms with Crippen LogP contribution >= 0.6 is 0 Å². The van der Waals surface area contributed by atoms with Gasteiger partial charge >= 0.3 is 0 Å². The maximum Gasteiger partial charge on any atom is 0.220 e. The van der Waals surface area contributed by atoms with Gasteiger partial charge < -0.3 is 14.6 Å². The van der Waals surface area contributed by atoms with Crippen molar-refractivity contribution in [3.05, 3.63) is 107 Å². The molecule has 0 aliphatic carbocycles. The number of para-hydroxylation sites is 1. The van der Waals surface area contributed by atoms with E-state index in [1.165, 1.54) is 11.1 Å². The molecule has 5 nitrogen and oxygen atoms in total. The Labute approximate surface area is 213 Å². The van der Waals surface area contributed by atoms with E-state index in [4.69, 9.17) is 10.00 Å². The lowest BCUT2D eigenvalue weighted by Gasteiger charge is -2.16. The first-order chi connectivity index (χ1) is 17.5. The molecular weight excluding hydrogens is 446 g/mol. The molecule has 1 amide bonds. The number of aryl methyl sites for hydroxylation is 3. The van der Waals surface area contributed by atoms with Crippen molar-refractivity contribution in [3.63, 3.8) is 0 Å². The second-order valence-corrected chi connectivity index (χ2v) is 8.88. The van der Waals surface area contributed by atoms with Gasteiger partial charge in [-0.15, -0.1) is 0 Å². The van der Waals surface area contributed by atoms with E-state index in [2.05, 4.69) is 60.1 Å². The quantitative estimate of drug-likeness (QED) is 0.287. The minimum Gasteiger partial charge on any atom is -0.492 e. The van der Waals surface area contributed by atoms with Gasteiger partial charge in [-0.2, -0.15) is 5.26 Å². The predicted molar refractivity (Wildman–Crippen MR) is 143 cm³/mol. The average Bonchev–Trinajstić information content (AvgIpc) is 3.30. The molecule has 0 spiro atoms. The molecule has 1 heterocycles. The number of rotatable bonds is 10. The SMILES string of the molecule is Cc1ccc(-c2ccc(CCC(=O)NCCOc3ccccc3)n2-c2ccc(CC#N)cc2)c(C)c1. The van der Waals surface area contributed by atoms with Crippen LogP contribution in [-0.2, 0) is 17.6 Å². The van der Waals surface area contributed by atoms with Crippen molar-refractivity contribution in [2.75, 3.05) is 13.2 Å². The van der Waals surface area contributed by atoms with Gasteiger partial charge in [0.1, 0.15) is 12.4 Å². The van der Waals surface area contributed by atoms with E-state index in [-0.39, 0.29) is 5.91 Å². The van der Waals surface area contributed by atoms with E-state index in [0.29, 0.717) is 32.4 Å². The molecule has 0 fully saturated rings. The molecule has 36 heavy (non-hydrogen) atoms. The number of hydrogen-bond donors (Lipinski definition) is 1. The van der Waals surface area contributed by atoms with E-state index in [9.17, 15) is 4.79 Å². The predicted octanol–water partition coefficient (Wildman–Crippen LogP) is 5.96. The lowest BCUT2D eigenvalue weighted by atomic mass is 10.0. The van der Waals surface area contributed by atoms with Gasteiger partial charge in [0.05, 0.1) is 24.7 Å². The topological polar surface area (TPSA) is 67.0 Å². The van der Waals surface area contributed by atoms with Gasteiger partial charge in [-0.25, -0.2) is 0 Å². The number of nitriles is 1. The number of carbonyl (C=O) groups is 1. The van der Waals surface area contributed by atoms with Gasteiger partial charge in [0.25, 0.3) is 0 Å². The molecule has 1 aromatic heterocycles. The fourth-order valence-corrected chi connectivity index (χ4v) is 4.35. The Kier molecular flexibility index (Phi) is 8.20. The number of benzene rings is 3. The van der Waals surface area contributed by atoms with Crippen molar-refractivity contribution in [1.82, 2.24) is 9.88 Å². The smallest absolute Gasteiger partial charge is 0.220 e. The molecule has 4 rings (SSSR count). The molecule has 0 radical (unpaired) electrons. The van der Waals surface area contributed by atoms with Gasteiger partial charge in [0, 0.05) is 23.4 Å². The van der Waals surface area contributed by atoms with Crippen LogP contribution in [0.25, 0.3) is 16.9 Å². The third-order valence-electron chi connectivity index (χ3n) is 6.14. The standard InChI is InChI=1S/C31H31N3O2/c1-23-8-15-29(24(2)22-23)30-16-13-27(34(30)26-11-9-25(10-12-26)18-19-32)14-17-31(35)33-20-21-36-28-6-4-3-5-7-28/h3-13,15-16,22H,14,17-18,20-21H2,1-2H3,(H,33,35). The molecule has 0 saturated heterocycles. The number of nitrogens with zero attached hydrogens (tertiary/aromatic N) is 2. The average molecular weight is 478 g/mol. The Balaban J connectivity index is 1.48. The summed E-state index contributed by atoms with van der Waals surface area (Å²) in [6.07, 6.45) is 1.38. The Morgan fingerprint density at radius 3 is 2.47 bits per heavy atom. The van der Waals surface area contributed by atoms with Crippen molar-refractivity contribution in [1.29, 1.82) is 5.26 Å². The highest BCUT2D eigenvalue weighted by Gasteiger charge is 2.15. The van der Waals surface area contributed by atoms with Crippen LogP contribution in [-0.4, -0.2) is 23.6 Å². The molecule has 3 aromatic carbocycles. The van der Waals surface area contributed by atoms with Gasteiger partial charge in [0.15, 0.2) is 0 Å². The lowest BCUT2D eigenvalue weighted by molar-refractivity contribution is -0.121. The van der Waals surface area contributed by atoms with E-state index < -0.39 is 0 Å². The van der Waals surface area contributed by atoms with Crippen LogP contribution in [0.5, 0.6) is 5.75 Å². The van der Waals surface area contributed by atoms with Gasteiger partial charge in [-0.05, 0) is 67.8 Å². The van der Waals surface area contributed by atoms with Crippen LogP contribution in [0.2, 0.25) is 0 Å². The molecule has 0 atom stereocenters. The van der Waals surface area contributed by atoms with Gasteiger partial charge in [0.2, 0.25) is 5.91 Å². The third-order valence-corrected chi connectivity index (χ3v) is 6.14. The summed E-state index contributed by atoms with van der Waals surface area (Å²) >= 11 is 0. The maximum absolute atomic E-state index is 12.6. The summed E-state index contributed by atoms with van der Waals surface area (Å²) in [6, 6.07) is 30.6. The summed E-state index contributed by atoms with van der Waals surface area (Å²) in [7, 11) is 0. The normalized spacial score (nSPS) is 10.6. The molecule has 0 saturated carbocycles. The minimum atomic E-state index is -0.00292. The number of aromatic nitrogens is 1.